The van der Waals surface area contributed by atoms with Crippen LogP contribution in [0.2, 0.25) is 0 Å². The van der Waals surface area contributed by atoms with Crippen molar-refractivity contribution in [2.75, 3.05) is 7.11 Å². The summed E-state index contributed by atoms with van der Waals surface area (Å²) in [7, 11) is 1.29. The van der Waals surface area contributed by atoms with Crippen molar-refractivity contribution >= 4 is 11.9 Å². The van der Waals surface area contributed by atoms with Gasteiger partial charge in [-0.15, -0.1) is 0 Å². The van der Waals surface area contributed by atoms with Gasteiger partial charge in [0.05, 0.1) is 7.11 Å². The topological polar surface area (TPSA) is 55.4 Å². The van der Waals surface area contributed by atoms with E-state index in [-0.39, 0.29) is 17.4 Å². The van der Waals surface area contributed by atoms with Gasteiger partial charge >= 0.3 is 5.97 Å². The molecule has 0 heterocycles. The Bertz CT molecular complexity index is 241. The Morgan fingerprint density at radius 2 is 1.67 bits per heavy atom. The van der Waals surface area contributed by atoms with Gasteiger partial charge in [-0.05, 0) is 26.7 Å². The van der Waals surface area contributed by atoms with Crippen LogP contribution in [0.25, 0.3) is 0 Å². The van der Waals surface area contributed by atoms with E-state index in [1.165, 1.54) is 7.11 Å². The van der Waals surface area contributed by atoms with Crippen molar-refractivity contribution < 1.29 is 14.3 Å². The molecule has 0 aliphatic carbocycles. The molecule has 0 saturated carbocycles. The second-order valence-corrected chi connectivity index (χ2v) is 4.98. The molecule has 0 spiro atoms. The summed E-state index contributed by atoms with van der Waals surface area (Å²) in [5.41, 5.74) is -0.335. The average molecular weight is 215 g/mol. The Labute approximate surface area is 91.4 Å². The summed E-state index contributed by atoms with van der Waals surface area (Å²) in [6, 6.07) is 0. The molecule has 0 aromatic rings. The first-order valence-corrected chi connectivity index (χ1v) is 5.09. The number of ether oxygens (including phenoxy) is 1. The fourth-order valence-corrected chi connectivity index (χ4v) is 1.26. The first kappa shape index (κ1) is 13.9. The number of carbonyl (C=O) groups is 2. The Morgan fingerprint density at radius 1 is 1.20 bits per heavy atom. The van der Waals surface area contributed by atoms with Gasteiger partial charge in [0.25, 0.3) is 0 Å². The first-order valence-electron chi connectivity index (χ1n) is 5.09. The Balaban J connectivity index is 4.65. The second kappa shape index (κ2) is 5.14. The van der Waals surface area contributed by atoms with Crippen LogP contribution in [0, 0.1) is 11.8 Å². The fourth-order valence-electron chi connectivity index (χ4n) is 1.26. The molecule has 0 aromatic heterocycles. The first-order chi connectivity index (χ1) is 6.69. The molecule has 88 valence electrons. The highest BCUT2D eigenvalue weighted by Crippen LogP contribution is 2.14. The van der Waals surface area contributed by atoms with E-state index in [0.717, 1.165) is 0 Å². The van der Waals surface area contributed by atoms with Crippen molar-refractivity contribution in [1.29, 1.82) is 0 Å². The molecule has 1 amide bonds. The predicted molar refractivity (Wildman–Crippen MR) is 58.2 cm³/mol. The van der Waals surface area contributed by atoms with Gasteiger partial charge < -0.3 is 10.1 Å². The van der Waals surface area contributed by atoms with Crippen molar-refractivity contribution in [2.24, 2.45) is 11.8 Å². The Morgan fingerprint density at radius 3 is 1.93 bits per heavy atom. The van der Waals surface area contributed by atoms with Crippen LogP contribution < -0.4 is 5.32 Å². The highest BCUT2D eigenvalue weighted by Gasteiger charge is 2.32. The zero-order valence-electron chi connectivity index (χ0n) is 10.4. The lowest BCUT2D eigenvalue weighted by Crippen LogP contribution is -2.47. The summed E-state index contributed by atoms with van der Waals surface area (Å²) < 4.78 is 4.61. The molecular formula is C11H21NO3. The number of rotatable bonds is 3. The molecule has 0 aromatic carbocycles. The Hall–Kier alpha value is -1.06. The van der Waals surface area contributed by atoms with Gasteiger partial charge in [0, 0.05) is 5.54 Å². The van der Waals surface area contributed by atoms with E-state index in [4.69, 9.17) is 0 Å². The molecule has 1 atom stereocenters. The molecule has 0 saturated heterocycles. The Kier molecular flexibility index (Phi) is 4.78. The quantitative estimate of drug-likeness (QED) is 0.571. The van der Waals surface area contributed by atoms with Crippen LogP contribution in [0.15, 0.2) is 0 Å². The fraction of sp³-hybridized carbons (Fsp3) is 0.818. The molecule has 1 unspecified atom stereocenters. The average Bonchev–Trinajstić information content (AvgIpc) is 1.99. The third kappa shape index (κ3) is 4.81. The monoisotopic (exact) mass is 215 g/mol. The van der Waals surface area contributed by atoms with Crippen LogP contribution in [0.4, 0.5) is 0 Å². The summed E-state index contributed by atoms with van der Waals surface area (Å²) in [4.78, 5) is 23.2. The van der Waals surface area contributed by atoms with E-state index in [9.17, 15) is 9.59 Å². The van der Waals surface area contributed by atoms with Crippen LogP contribution in [-0.4, -0.2) is 24.5 Å². The SMILES string of the molecule is COC(=O)C(C(=O)NC(C)(C)C)C(C)C. The van der Waals surface area contributed by atoms with Crippen LogP contribution in [0.5, 0.6) is 0 Å². The minimum absolute atomic E-state index is 0.0696. The maximum absolute atomic E-state index is 11.8. The van der Waals surface area contributed by atoms with E-state index < -0.39 is 11.9 Å². The van der Waals surface area contributed by atoms with Gasteiger partial charge in [-0.1, -0.05) is 13.8 Å². The summed E-state index contributed by atoms with van der Waals surface area (Å²) in [6.45, 7) is 9.27. The maximum atomic E-state index is 11.8. The summed E-state index contributed by atoms with van der Waals surface area (Å²) in [6.07, 6.45) is 0. The molecule has 0 rings (SSSR count). The lowest BCUT2D eigenvalue weighted by atomic mass is 9.94. The molecule has 15 heavy (non-hydrogen) atoms. The lowest BCUT2D eigenvalue weighted by Gasteiger charge is -2.25. The van der Waals surface area contributed by atoms with E-state index in [0.29, 0.717) is 0 Å². The highest BCUT2D eigenvalue weighted by atomic mass is 16.5. The van der Waals surface area contributed by atoms with Crippen LogP contribution in [0.1, 0.15) is 34.6 Å². The van der Waals surface area contributed by atoms with E-state index >= 15 is 0 Å². The zero-order chi connectivity index (χ0) is 12.2. The molecule has 1 N–H and O–H groups in total. The van der Waals surface area contributed by atoms with Gasteiger partial charge in [-0.3, -0.25) is 9.59 Å². The third-order valence-electron chi connectivity index (χ3n) is 1.90. The van der Waals surface area contributed by atoms with E-state index in [1.54, 1.807) is 0 Å². The minimum atomic E-state index is -0.728. The summed E-state index contributed by atoms with van der Waals surface area (Å²) in [5, 5.41) is 2.78. The number of hydrogen-bond donors (Lipinski definition) is 1. The second-order valence-electron chi connectivity index (χ2n) is 4.98. The number of nitrogens with one attached hydrogen (secondary N) is 1. The van der Waals surface area contributed by atoms with E-state index in [2.05, 4.69) is 10.1 Å². The predicted octanol–water partition coefficient (Wildman–Crippen LogP) is 1.35. The minimum Gasteiger partial charge on any atom is -0.468 e. The van der Waals surface area contributed by atoms with Crippen molar-refractivity contribution in [3.8, 4) is 0 Å². The number of methoxy groups -OCH3 is 1. The zero-order valence-corrected chi connectivity index (χ0v) is 10.4. The number of hydrogen-bond acceptors (Lipinski definition) is 3. The molecule has 0 radical (unpaired) electrons. The van der Waals surface area contributed by atoms with E-state index in [1.807, 2.05) is 34.6 Å². The van der Waals surface area contributed by atoms with Crippen molar-refractivity contribution in [1.82, 2.24) is 5.32 Å². The third-order valence-corrected chi connectivity index (χ3v) is 1.90. The highest BCUT2D eigenvalue weighted by molar-refractivity contribution is 5.98. The molecular weight excluding hydrogens is 194 g/mol. The number of carbonyl (C=O) groups excluding carboxylic acids is 2. The largest absolute Gasteiger partial charge is 0.468 e. The van der Waals surface area contributed by atoms with Crippen molar-refractivity contribution in [2.45, 2.75) is 40.2 Å². The lowest BCUT2D eigenvalue weighted by molar-refractivity contribution is -0.152. The smallest absolute Gasteiger partial charge is 0.318 e. The van der Waals surface area contributed by atoms with Crippen LogP contribution in [0.3, 0.4) is 0 Å². The van der Waals surface area contributed by atoms with Crippen LogP contribution >= 0.6 is 0 Å². The van der Waals surface area contributed by atoms with Crippen molar-refractivity contribution in [3.63, 3.8) is 0 Å². The summed E-state index contributed by atoms with van der Waals surface area (Å²) in [5.74, 6) is -1.55. The van der Waals surface area contributed by atoms with Gasteiger partial charge in [-0.2, -0.15) is 0 Å². The number of esters is 1. The van der Waals surface area contributed by atoms with Gasteiger partial charge in [0.2, 0.25) is 5.91 Å². The molecule has 0 aliphatic heterocycles. The molecule has 4 heteroatoms. The molecule has 0 bridgehead atoms. The van der Waals surface area contributed by atoms with Gasteiger partial charge in [0.15, 0.2) is 0 Å². The van der Waals surface area contributed by atoms with Gasteiger partial charge in [-0.25, -0.2) is 0 Å². The molecule has 0 fully saturated rings. The van der Waals surface area contributed by atoms with Crippen molar-refractivity contribution in [3.05, 3.63) is 0 Å². The normalized spacial score (nSPS) is 13.5. The van der Waals surface area contributed by atoms with Gasteiger partial charge in [0.1, 0.15) is 5.92 Å². The standard InChI is InChI=1S/C11H21NO3/c1-7(2)8(10(14)15-6)9(13)12-11(3,4)5/h7-8H,1-6H3,(H,12,13). The molecule has 0 aliphatic rings. The number of amides is 1. The maximum Gasteiger partial charge on any atom is 0.318 e. The molecule has 4 nitrogen and oxygen atoms in total. The summed E-state index contributed by atoms with van der Waals surface area (Å²) >= 11 is 0. The van der Waals surface area contributed by atoms with Crippen LogP contribution in [-0.2, 0) is 14.3 Å².